The van der Waals surface area contributed by atoms with Gasteiger partial charge < -0.3 is 10.6 Å². The number of rotatable bonds is 6. The third-order valence-electron chi connectivity index (χ3n) is 4.08. The summed E-state index contributed by atoms with van der Waals surface area (Å²) in [6.07, 6.45) is 4.15. The summed E-state index contributed by atoms with van der Waals surface area (Å²) in [5.74, 6) is 0.490. The first-order valence-corrected chi connectivity index (χ1v) is 9.43. The van der Waals surface area contributed by atoms with Gasteiger partial charge in [0.25, 0.3) is 5.91 Å². The molecule has 1 atom stereocenters. The van der Waals surface area contributed by atoms with Gasteiger partial charge in [-0.25, -0.2) is 4.98 Å². The van der Waals surface area contributed by atoms with Gasteiger partial charge in [-0.2, -0.15) is 0 Å². The summed E-state index contributed by atoms with van der Waals surface area (Å²) in [6.45, 7) is 0.679. The first-order valence-electron chi connectivity index (χ1n) is 8.44. The van der Waals surface area contributed by atoms with E-state index in [0.717, 1.165) is 18.6 Å². The van der Waals surface area contributed by atoms with Crippen LogP contribution in [0.1, 0.15) is 28.8 Å². The molecule has 0 radical (unpaired) electrons. The molecule has 2 amide bonds. The van der Waals surface area contributed by atoms with Crippen molar-refractivity contribution >= 4 is 23.6 Å². The van der Waals surface area contributed by atoms with Crippen molar-refractivity contribution < 1.29 is 9.59 Å². The number of nitrogens with zero attached hydrogens (tertiary/aromatic N) is 1. The number of piperidine rings is 1. The van der Waals surface area contributed by atoms with Gasteiger partial charge >= 0.3 is 0 Å². The number of benzene rings is 1. The van der Waals surface area contributed by atoms with Crippen LogP contribution in [0.25, 0.3) is 0 Å². The fourth-order valence-electron chi connectivity index (χ4n) is 2.73. The number of hydrogen-bond donors (Lipinski definition) is 2. The van der Waals surface area contributed by atoms with Crippen LogP contribution in [0.3, 0.4) is 0 Å². The van der Waals surface area contributed by atoms with Crippen molar-refractivity contribution in [1.29, 1.82) is 0 Å². The van der Waals surface area contributed by atoms with Gasteiger partial charge in [0, 0.05) is 18.5 Å². The molecule has 0 aliphatic carbocycles. The molecule has 1 aliphatic heterocycles. The molecule has 2 N–H and O–H groups in total. The molecule has 1 unspecified atom stereocenters. The van der Waals surface area contributed by atoms with Crippen molar-refractivity contribution in [3.05, 3.63) is 59.8 Å². The van der Waals surface area contributed by atoms with E-state index in [9.17, 15) is 9.59 Å². The Balaban J connectivity index is 1.61. The second-order valence-corrected chi connectivity index (χ2v) is 6.98. The highest BCUT2D eigenvalue weighted by Crippen LogP contribution is 2.21. The van der Waals surface area contributed by atoms with Crippen molar-refractivity contribution in [2.45, 2.75) is 30.3 Å². The smallest absolute Gasteiger partial charge is 0.254 e. The fraction of sp³-hybridized carbons (Fsp3) is 0.316. The monoisotopic (exact) mass is 355 g/mol. The number of nitrogens with one attached hydrogen (secondary N) is 2. The van der Waals surface area contributed by atoms with Crippen molar-refractivity contribution in [2.24, 2.45) is 0 Å². The average molecular weight is 355 g/mol. The highest BCUT2D eigenvalue weighted by Gasteiger charge is 2.25. The molecule has 2 heterocycles. The molecule has 0 saturated carbocycles. The molecule has 3 rings (SSSR count). The molecule has 6 heteroatoms. The number of pyridine rings is 1. The molecule has 1 aromatic carbocycles. The number of carbonyl (C=O) groups is 2. The minimum Gasteiger partial charge on any atom is -0.354 e. The van der Waals surface area contributed by atoms with Crippen LogP contribution in [-0.4, -0.2) is 35.1 Å². The number of aryl methyl sites for hydroxylation is 1. The van der Waals surface area contributed by atoms with Crippen LogP contribution < -0.4 is 10.6 Å². The lowest BCUT2D eigenvalue weighted by atomic mass is 10.1. The summed E-state index contributed by atoms with van der Waals surface area (Å²) in [6, 6.07) is 13.3. The molecule has 1 fully saturated rings. The topological polar surface area (TPSA) is 71.1 Å². The fourth-order valence-corrected chi connectivity index (χ4v) is 3.72. The Morgan fingerprint density at radius 2 is 2.08 bits per heavy atom. The Labute approximate surface area is 151 Å². The molecule has 25 heavy (non-hydrogen) atoms. The highest BCUT2D eigenvalue weighted by molar-refractivity contribution is 7.99. The molecule has 1 saturated heterocycles. The number of hydrogen-bond acceptors (Lipinski definition) is 4. The molecule has 0 spiro atoms. The predicted octanol–water partition coefficient (Wildman–Crippen LogP) is 2.42. The summed E-state index contributed by atoms with van der Waals surface area (Å²) in [4.78, 5) is 28.7. The van der Waals surface area contributed by atoms with Crippen LogP contribution in [0.2, 0.25) is 0 Å². The van der Waals surface area contributed by atoms with Gasteiger partial charge in [-0.05, 0) is 37.0 Å². The van der Waals surface area contributed by atoms with E-state index >= 15 is 0 Å². The molecule has 1 aromatic heterocycles. The molecule has 130 valence electrons. The number of thioether (sulfide) groups is 1. The second kappa shape index (κ2) is 8.67. The molecular weight excluding hydrogens is 334 g/mol. The van der Waals surface area contributed by atoms with E-state index in [1.807, 2.05) is 18.2 Å². The number of carbonyl (C=O) groups excluding carboxylic acids is 2. The SMILES string of the molecule is O=C(NC1CCCNC1=O)c1cccnc1SCCc1ccccc1. The Kier molecular flexibility index (Phi) is 6.06. The summed E-state index contributed by atoms with van der Waals surface area (Å²) in [5.41, 5.74) is 1.79. The summed E-state index contributed by atoms with van der Waals surface area (Å²) < 4.78 is 0. The van der Waals surface area contributed by atoms with E-state index in [2.05, 4.69) is 27.8 Å². The van der Waals surface area contributed by atoms with Crippen LogP contribution in [0.4, 0.5) is 0 Å². The maximum Gasteiger partial charge on any atom is 0.254 e. The second-order valence-electron chi connectivity index (χ2n) is 5.90. The Hall–Kier alpha value is -2.34. The Bertz CT molecular complexity index is 736. The summed E-state index contributed by atoms with van der Waals surface area (Å²) in [7, 11) is 0. The minimum atomic E-state index is -0.455. The maximum absolute atomic E-state index is 12.6. The zero-order valence-corrected chi connectivity index (χ0v) is 14.7. The normalized spacial score (nSPS) is 17.0. The standard InChI is InChI=1S/C19H21N3O2S/c23-17(22-16-9-5-11-20-18(16)24)15-8-4-12-21-19(15)25-13-10-14-6-2-1-3-7-14/h1-4,6-8,12,16H,5,9-11,13H2,(H,20,24)(H,22,23). The summed E-state index contributed by atoms with van der Waals surface area (Å²) in [5, 5.41) is 6.31. The van der Waals surface area contributed by atoms with Crippen LogP contribution in [0.15, 0.2) is 53.7 Å². The van der Waals surface area contributed by atoms with Gasteiger partial charge in [-0.15, -0.1) is 11.8 Å². The maximum atomic E-state index is 12.6. The Morgan fingerprint density at radius 1 is 1.24 bits per heavy atom. The Morgan fingerprint density at radius 3 is 2.88 bits per heavy atom. The van der Waals surface area contributed by atoms with E-state index in [-0.39, 0.29) is 11.8 Å². The van der Waals surface area contributed by atoms with E-state index in [4.69, 9.17) is 0 Å². The first-order chi connectivity index (χ1) is 12.2. The molecule has 5 nitrogen and oxygen atoms in total. The zero-order valence-electron chi connectivity index (χ0n) is 13.9. The minimum absolute atomic E-state index is 0.109. The summed E-state index contributed by atoms with van der Waals surface area (Å²) >= 11 is 1.56. The van der Waals surface area contributed by atoms with Crippen LogP contribution in [0.5, 0.6) is 0 Å². The molecular formula is C19H21N3O2S. The number of amides is 2. The third kappa shape index (κ3) is 4.82. The van der Waals surface area contributed by atoms with Gasteiger partial charge in [0.15, 0.2) is 0 Å². The molecule has 1 aliphatic rings. The highest BCUT2D eigenvalue weighted by atomic mass is 32.2. The van der Waals surface area contributed by atoms with Crippen molar-refractivity contribution in [2.75, 3.05) is 12.3 Å². The third-order valence-corrected chi connectivity index (χ3v) is 5.09. The lowest BCUT2D eigenvalue weighted by Crippen LogP contribution is -2.50. The quantitative estimate of drug-likeness (QED) is 0.781. The lowest BCUT2D eigenvalue weighted by Gasteiger charge is -2.23. The van der Waals surface area contributed by atoms with Crippen LogP contribution in [0, 0.1) is 0 Å². The predicted molar refractivity (Wildman–Crippen MR) is 98.6 cm³/mol. The number of aromatic nitrogens is 1. The molecule has 2 aromatic rings. The first kappa shape index (κ1) is 17.5. The largest absolute Gasteiger partial charge is 0.354 e. The van der Waals surface area contributed by atoms with Crippen LogP contribution >= 0.6 is 11.8 Å². The van der Waals surface area contributed by atoms with E-state index < -0.39 is 6.04 Å². The van der Waals surface area contributed by atoms with E-state index in [1.165, 1.54) is 5.56 Å². The van der Waals surface area contributed by atoms with Crippen LogP contribution in [-0.2, 0) is 11.2 Å². The van der Waals surface area contributed by atoms with Gasteiger partial charge in [-0.1, -0.05) is 30.3 Å². The van der Waals surface area contributed by atoms with Crippen molar-refractivity contribution in [3.8, 4) is 0 Å². The van der Waals surface area contributed by atoms with Crippen molar-refractivity contribution in [1.82, 2.24) is 15.6 Å². The van der Waals surface area contributed by atoms with Gasteiger partial charge in [-0.3, -0.25) is 9.59 Å². The lowest BCUT2D eigenvalue weighted by molar-refractivity contribution is -0.124. The van der Waals surface area contributed by atoms with Crippen molar-refractivity contribution in [3.63, 3.8) is 0 Å². The van der Waals surface area contributed by atoms with Gasteiger partial charge in [0.05, 0.1) is 5.56 Å². The van der Waals surface area contributed by atoms with E-state index in [0.29, 0.717) is 23.6 Å². The zero-order chi connectivity index (χ0) is 17.5. The van der Waals surface area contributed by atoms with E-state index in [1.54, 1.807) is 30.1 Å². The van der Waals surface area contributed by atoms with Gasteiger partial charge in [0.1, 0.15) is 11.1 Å². The average Bonchev–Trinajstić information content (AvgIpc) is 2.65. The molecule has 0 bridgehead atoms. The van der Waals surface area contributed by atoms with Gasteiger partial charge in [0.2, 0.25) is 5.91 Å².